The topological polar surface area (TPSA) is 93.5 Å². The molecule has 2 aromatic carbocycles. The van der Waals surface area contributed by atoms with Gasteiger partial charge in [0.25, 0.3) is 0 Å². The zero-order valence-electron chi connectivity index (χ0n) is 13.0. The van der Waals surface area contributed by atoms with Gasteiger partial charge in [-0.15, -0.1) is 0 Å². The Morgan fingerprint density at radius 3 is 2.72 bits per heavy atom. The van der Waals surface area contributed by atoms with Gasteiger partial charge in [-0.2, -0.15) is 5.10 Å². The van der Waals surface area contributed by atoms with Crippen molar-refractivity contribution in [2.24, 2.45) is 0 Å². The lowest BCUT2D eigenvalue weighted by atomic mass is 10.2. The van der Waals surface area contributed by atoms with Gasteiger partial charge in [-0.05, 0) is 17.7 Å². The van der Waals surface area contributed by atoms with Crippen molar-refractivity contribution in [1.29, 1.82) is 0 Å². The standard InChI is InChI=1S/C17H14ClN3O4/c18-13-7-14-12(8-21(20-14)9-16(22)23)6-15(13)19-17(24)25-10-11-4-2-1-3-5-11/h1-8H,9-10H2,(H,19,24)(H,22,23). The maximum Gasteiger partial charge on any atom is 0.412 e. The van der Waals surface area contributed by atoms with Gasteiger partial charge in [0.1, 0.15) is 13.2 Å². The van der Waals surface area contributed by atoms with E-state index >= 15 is 0 Å². The SMILES string of the molecule is O=C(O)Cn1cc2cc(NC(=O)OCc3ccccc3)c(Cl)cc2n1. The minimum absolute atomic E-state index is 0.142. The molecule has 0 spiro atoms. The lowest BCUT2D eigenvalue weighted by Crippen LogP contribution is -2.13. The molecule has 2 N–H and O–H groups in total. The third kappa shape index (κ3) is 4.27. The third-order valence-corrected chi connectivity index (χ3v) is 3.70. The Hall–Kier alpha value is -3.06. The van der Waals surface area contributed by atoms with Gasteiger partial charge in [0.05, 0.1) is 16.2 Å². The number of carbonyl (C=O) groups is 2. The van der Waals surface area contributed by atoms with Crippen molar-refractivity contribution in [3.05, 3.63) is 59.2 Å². The van der Waals surface area contributed by atoms with Gasteiger partial charge in [0.2, 0.25) is 0 Å². The molecule has 0 saturated heterocycles. The summed E-state index contributed by atoms with van der Waals surface area (Å²) in [5.41, 5.74) is 1.77. The van der Waals surface area contributed by atoms with E-state index in [0.717, 1.165) is 5.56 Å². The molecule has 0 fully saturated rings. The van der Waals surface area contributed by atoms with Gasteiger partial charge in [-0.25, -0.2) is 4.79 Å². The number of halogens is 1. The van der Waals surface area contributed by atoms with Crippen LogP contribution in [0.3, 0.4) is 0 Å². The molecule has 1 amide bonds. The molecule has 0 unspecified atom stereocenters. The molecule has 3 rings (SSSR count). The summed E-state index contributed by atoms with van der Waals surface area (Å²) in [6, 6.07) is 12.5. The molecule has 0 saturated carbocycles. The average Bonchev–Trinajstić information content (AvgIpc) is 2.94. The average molecular weight is 360 g/mol. The van der Waals surface area contributed by atoms with Crippen LogP contribution in [0, 0.1) is 0 Å². The summed E-state index contributed by atoms with van der Waals surface area (Å²) >= 11 is 6.14. The summed E-state index contributed by atoms with van der Waals surface area (Å²) in [6.07, 6.45) is 0.934. The van der Waals surface area contributed by atoms with Crippen LogP contribution in [0.5, 0.6) is 0 Å². The molecule has 1 heterocycles. The van der Waals surface area contributed by atoms with E-state index in [-0.39, 0.29) is 18.2 Å². The van der Waals surface area contributed by atoms with E-state index in [0.29, 0.717) is 16.6 Å². The van der Waals surface area contributed by atoms with E-state index < -0.39 is 12.1 Å². The van der Waals surface area contributed by atoms with Crippen LogP contribution in [0.1, 0.15) is 5.56 Å². The van der Waals surface area contributed by atoms with E-state index in [4.69, 9.17) is 21.4 Å². The molecule has 0 bridgehead atoms. The van der Waals surface area contributed by atoms with E-state index in [9.17, 15) is 9.59 Å². The number of aromatic nitrogens is 2. The molecule has 1 aromatic heterocycles. The Labute approximate surface area is 147 Å². The fourth-order valence-electron chi connectivity index (χ4n) is 2.28. The highest BCUT2D eigenvalue weighted by Gasteiger charge is 2.11. The van der Waals surface area contributed by atoms with Crippen molar-refractivity contribution in [1.82, 2.24) is 9.78 Å². The second-order valence-corrected chi connectivity index (χ2v) is 5.71. The van der Waals surface area contributed by atoms with E-state index in [1.165, 1.54) is 4.68 Å². The van der Waals surface area contributed by atoms with Crippen LogP contribution in [0.15, 0.2) is 48.7 Å². The smallest absolute Gasteiger partial charge is 0.412 e. The van der Waals surface area contributed by atoms with E-state index in [1.54, 1.807) is 18.3 Å². The maximum atomic E-state index is 11.9. The number of nitrogens with zero attached hydrogens (tertiary/aromatic N) is 2. The number of fused-ring (bicyclic) bond motifs is 1. The van der Waals surface area contributed by atoms with Crippen molar-refractivity contribution in [3.63, 3.8) is 0 Å². The van der Waals surface area contributed by atoms with Gasteiger partial charge in [0.15, 0.2) is 0 Å². The van der Waals surface area contributed by atoms with Crippen LogP contribution in [0.4, 0.5) is 10.5 Å². The van der Waals surface area contributed by atoms with Crippen molar-refractivity contribution in [2.45, 2.75) is 13.2 Å². The first-order valence-corrected chi connectivity index (χ1v) is 7.75. The number of hydrogen-bond donors (Lipinski definition) is 2. The molecular weight excluding hydrogens is 346 g/mol. The van der Waals surface area contributed by atoms with Gasteiger partial charge in [-0.3, -0.25) is 14.8 Å². The Bertz CT molecular complexity index is 924. The van der Waals surface area contributed by atoms with E-state index in [1.807, 2.05) is 30.3 Å². The molecule has 0 aliphatic heterocycles. The molecule has 3 aromatic rings. The van der Waals surface area contributed by atoms with Crippen molar-refractivity contribution in [2.75, 3.05) is 5.32 Å². The monoisotopic (exact) mass is 359 g/mol. The molecule has 0 atom stereocenters. The first kappa shape index (κ1) is 16.8. The number of amides is 1. The number of hydrogen-bond acceptors (Lipinski definition) is 4. The second-order valence-electron chi connectivity index (χ2n) is 5.30. The molecule has 0 aliphatic carbocycles. The number of aliphatic carboxylic acids is 1. The minimum atomic E-state index is -0.998. The second kappa shape index (κ2) is 7.23. The summed E-state index contributed by atoms with van der Waals surface area (Å²) in [6.45, 7) is -0.114. The zero-order valence-corrected chi connectivity index (χ0v) is 13.7. The molecule has 7 nitrogen and oxygen atoms in total. The Morgan fingerprint density at radius 1 is 1.24 bits per heavy atom. The molecule has 25 heavy (non-hydrogen) atoms. The van der Waals surface area contributed by atoms with Crippen LogP contribution in [-0.4, -0.2) is 26.9 Å². The lowest BCUT2D eigenvalue weighted by Gasteiger charge is -2.08. The predicted octanol–water partition coefficient (Wildman–Crippen LogP) is 3.52. The highest BCUT2D eigenvalue weighted by Crippen LogP contribution is 2.27. The molecule has 128 valence electrons. The zero-order chi connectivity index (χ0) is 17.8. The van der Waals surface area contributed by atoms with Gasteiger partial charge >= 0.3 is 12.1 Å². The minimum Gasteiger partial charge on any atom is -0.480 e. The summed E-state index contributed by atoms with van der Waals surface area (Å²) < 4.78 is 6.44. The number of ether oxygens (including phenoxy) is 1. The van der Waals surface area contributed by atoms with Crippen molar-refractivity contribution in [3.8, 4) is 0 Å². The van der Waals surface area contributed by atoms with Gasteiger partial charge in [0, 0.05) is 11.6 Å². The number of carbonyl (C=O) groups excluding carboxylic acids is 1. The number of carboxylic acid groups (broad SMARTS) is 1. The highest BCUT2D eigenvalue weighted by molar-refractivity contribution is 6.34. The third-order valence-electron chi connectivity index (χ3n) is 3.39. The van der Waals surface area contributed by atoms with Crippen LogP contribution in [0.25, 0.3) is 10.9 Å². The number of anilines is 1. The largest absolute Gasteiger partial charge is 0.480 e. The maximum absolute atomic E-state index is 11.9. The fourth-order valence-corrected chi connectivity index (χ4v) is 2.49. The number of carboxylic acids is 1. The van der Waals surface area contributed by atoms with Crippen LogP contribution in [-0.2, 0) is 22.7 Å². The molecule has 0 radical (unpaired) electrons. The first-order chi connectivity index (χ1) is 12.0. The Balaban J connectivity index is 1.70. The van der Waals surface area contributed by atoms with Gasteiger partial charge in [-0.1, -0.05) is 41.9 Å². The van der Waals surface area contributed by atoms with Gasteiger partial charge < -0.3 is 9.84 Å². The normalized spacial score (nSPS) is 10.6. The quantitative estimate of drug-likeness (QED) is 0.727. The van der Waals surface area contributed by atoms with Crippen LogP contribution < -0.4 is 5.32 Å². The van der Waals surface area contributed by atoms with E-state index in [2.05, 4.69) is 10.4 Å². The highest BCUT2D eigenvalue weighted by atomic mass is 35.5. The Kier molecular flexibility index (Phi) is 4.85. The summed E-state index contributed by atoms with van der Waals surface area (Å²) in [7, 11) is 0. The number of nitrogens with one attached hydrogen (secondary N) is 1. The lowest BCUT2D eigenvalue weighted by molar-refractivity contribution is -0.137. The number of benzene rings is 2. The van der Waals surface area contributed by atoms with Crippen molar-refractivity contribution >= 4 is 40.3 Å². The van der Waals surface area contributed by atoms with Crippen LogP contribution in [0.2, 0.25) is 5.02 Å². The fraction of sp³-hybridized carbons (Fsp3) is 0.118. The summed E-state index contributed by atoms with van der Waals surface area (Å²) in [5, 5.41) is 16.4. The predicted molar refractivity (Wildman–Crippen MR) is 92.6 cm³/mol. The summed E-state index contributed by atoms with van der Waals surface area (Å²) in [4.78, 5) is 22.7. The van der Waals surface area contributed by atoms with Crippen molar-refractivity contribution < 1.29 is 19.4 Å². The molecule has 8 heteroatoms. The molecular formula is C17H14ClN3O4. The molecule has 0 aliphatic rings. The Morgan fingerprint density at radius 2 is 2.00 bits per heavy atom. The summed E-state index contributed by atoms with van der Waals surface area (Å²) in [5.74, 6) is -0.998. The number of rotatable bonds is 5. The van der Waals surface area contributed by atoms with Crippen LogP contribution >= 0.6 is 11.6 Å². The first-order valence-electron chi connectivity index (χ1n) is 7.37.